The standard InChI is InChI=1S/C17H15FN2O3/c1-11(17(20)21)23-16-6-4-15(5-7-16)22-10-12-2-3-14(18)8-13(12)9-19/h2-8,11H,10H2,1H3,(H2,20,21). The quantitative estimate of drug-likeness (QED) is 0.888. The molecule has 1 amide bonds. The topological polar surface area (TPSA) is 85.3 Å². The Morgan fingerprint density at radius 1 is 1.26 bits per heavy atom. The summed E-state index contributed by atoms with van der Waals surface area (Å²) in [5.74, 6) is 0.0291. The number of primary amides is 1. The number of nitrogens with two attached hydrogens (primary N) is 1. The van der Waals surface area contributed by atoms with Gasteiger partial charge in [0.15, 0.2) is 6.10 Å². The van der Waals surface area contributed by atoms with Crippen molar-refractivity contribution in [3.63, 3.8) is 0 Å². The number of hydrogen-bond donors (Lipinski definition) is 1. The van der Waals surface area contributed by atoms with Crippen LogP contribution in [0, 0.1) is 17.1 Å². The van der Waals surface area contributed by atoms with Crippen LogP contribution < -0.4 is 15.2 Å². The number of halogens is 1. The summed E-state index contributed by atoms with van der Waals surface area (Å²) in [7, 11) is 0. The summed E-state index contributed by atoms with van der Waals surface area (Å²) in [6, 6.07) is 12.5. The van der Waals surface area contributed by atoms with Crippen molar-refractivity contribution < 1.29 is 18.7 Å². The zero-order valence-electron chi connectivity index (χ0n) is 12.5. The second-order valence-electron chi connectivity index (χ2n) is 4.84. The van der Waals surface area contributed by atoms with E-state index in [4.69, 9.17) is 20.5 Å². The lowest BCUT2D eigenvalue weighted by atomic mass is 10.1. The van der Waals surface area contributed by atoms with Crippen LogP contribution in [0.5, 0.6) is 11.5 Å². The number of nitrogens with zero attached hydrogens (tertiary/aromatic N) is 1. The minimum Gasteiger partial charge on any atom is -0.489 e. The third-order valence-electron chi connectivity index (χ3n) is 3.12. The molecule has 23 heavy (non-hydrogen) atoms. The molecule has 6 heteroatoms. The zero-order chi connectivity index (χ0) is 16.8. The monoisotopic (exact) mass is 314 g/mol. The Hall–Kier alpha value is -3.07. The maximum absolute atomic E-state index is 13.1. The van der Waals surface area contributed by atoms with Crippen LogP contribution in [0.15, 0.2) is 42.5 Å². The molecule has 0 aliphatic carbocycles. The van der Waals surface area contributed by atoms with Crippen molar-refractivity contribution in [3.05, 3.63) is 59.4 Å². The highest BCUT2D eigenvalue weighted by Gasteiger charge is 2.10. The van der Waals surface area contributed by atoms with Gasteiger partial charge < -0.3 is 15.2 Å². The van der Waals surface area contributed by atoms with Gasteiger partial charge in [-0.05, 0) is 43.3 Å². The molecule has 118 valence electrons. The lowest BCUT2D eigenvalue weighted by Crippen LogP contribution is -2.30. The van der Waals surface area contributed by atoms with E-state index in [1.165, 1.54) is 18.2 Å². The highest BCUT2D eigenvalue weighted by atomic mass is 19.1. The Kier molecular flexibility index (Phi) is 5.15. The van der Waals surface area contributed by atoms with E-state index in [0.717, 1.165) is 0 Å². The molecule has 0 aliphatic heterocycles. The summed E-state index contributed by atoms with van der Waals surface area (Å²) >= 11 is 0. The lowest BCUT2D eigenvalue weighted by Gasteiger charge is -2.12. The fraction of sp³-hybridized carbons (Fsp3) is 0.176. The van der Waals surface area contributed by atoms with E-state index in [0.29, 0.717) is 17.1 Å². The van der Waals surface area contributed by atoms with Crippen LogP contribution in [0.25, 0.3) is 0 Å². The van der Waals surface area contributed by atoms with Crippen LogP contribution in [0.4, 0.5) is 4.39 Å². The molecule has 0 fully saturated rings. The second kappa shape index (κ2) is 7.27. The van der Waals surface area contributed by atoms with E-state index in [2.05, 4.69) is 0 Å². The van der Waals surface area contributed by atoms with Gasteiger partial charge in [0.1, 0.15) is 23.9 Å². The molecule has 1 unspecified atom stereocenters. The SMILES string of the molecule is CC(Oc1ccc(OCc2ccc(F)cc2C#N)cc1)C(N)=O. The molecule has 0 radical (unpaired) electrons. The zero-order valence-corrected chi connectivity index (χ0v) is 12.5. The number of ether oxygens (including phenoxy) is 2. The highest BCUT2D eigenvalue weighted by Crippen LogP contribution is 2.20. The van der Waals surface area contributed by atoms with Crippen molar-refractivity contribution in [2.75, 3.05) is 0 Å². The van der Waals surface area contributed by atoms with Gasteiger partial charge in [0, 0.05) is 5.56 Å². The van der Waals surface area contributed by atoms with Gasteiger partial charge >= 0.3 is 0 Å². The number of carbonyl (C=O) groups is 1. The molecule has 0 heterocycles. The highest BCUT2D eigenvalue weighted by molar-refractivity contribution is 5.78. The summed E-state index contributed by atoms with van der Waals surface area (Å²) < 4.78 is 24.0. The summed E-state index contributed by atoms with van der Waals surface area (Å²) in [5.41, 5.74) is 5.95. The average Bonchev–Trinajstić information content (AvgIpc) is 2.54. The van der Waals surface area contributed by atoms with Gasteiger partial charge in [-0.2, -0.15) is 5.26 Å². The van der Waals surface area contributed by atoms with E-state index < -0.39 is 17.8 Å². The summed E-state index contributed by atoms with van der Waals surface area (Å²) in [6.45, 7) is 1.70. The van der Waals surface area contributed by atoms with Crippen molar-refractivity contribution in [3.8, 4) is 17.6 Å². The van der Waals surface area contributed by atoms with Crippen molar-refractivity contribution in [2.45, 2.75) is 19.6 Å². The van der Waals surface area contributed by atoms with Gasteiger partial charge in [-0.25, -0.2) is 4.39 Å². The largest absolute Gasteiger partial charge is 0.489 e. The number of amides is 1. The van der Waals surface area contributed by atoms with Crippen molar-refractivity contribution >= 4 is 5.91 Å². The Bertz CT molecular complexity index is 738. The predicted molar refractivity (Wildman–Crippen MR) is 81.2 cm³/mol. The number of benzene rings is 2. The molecule has 2 aromatic rings. The molecular formula is C17H15FN2O3. The van der Waals surface area contributed by atoms with Gasteiger partial charge in [0.25, 0.3) is 5.91 Å². The van der Waals surface area contributed by atoms with E-state index in [-0.39, 0.29) is 12.2 Å². The third-order valence-corrected chi connectivity index (χ3v) is 3.12. The first kappa shape index (κ1) is 16.3. The van der Waals surface area contributed by atoms with Gasteiger partial charge in [0.2, 0.25) is 0 Å². The number of rotatable bonds is 6. The molecule has 0 bridgehead atoms. The molecule has 2 rings (SSSR count). The normalized spacial score (nSPS) is 11.3. The second-order valence-corrected chi connectivity index (χ2v) is 4.84. The third kappa shape index (κ3) is 4.45. The predicted octanol–water partition coefficient (Wildman–Crippen LogP) is 2.53. The average molecular weight is 314 g/mol. The Morgan fingerprint density at radius 2 is 1.91 bits per heavy atom. The smallest absolute Gasteiger partial charge is 0.258 e. The van der Waals surface area contributed by atoms with Crippen LogP contribution in [0.2, 0.25) is 0 Å². The Balaban J connectivity index is 1.99. The van der Waals surface area contributed by atoms with Crippen molar-refractivity contribution in [2.24, 2.45) is 5.73 Å². The summed E-state index contributed by atoms with van der Waals surface area (Å²) in [5, 5.41) is 8.98. The molecule has 5 nitrogen and oxygen atoms in total. The van der Waals surface area contributed by atoms with E-state index in [1.807, 2.05) is 6.07 Å². The van der Waals surface area contributed by atoms with Crippen LogP contribution in [-0.4, -0.2) is 12.0 Å². The van der Waals surface area contributed by atoms with Crippen LogP contribution in [0.1, 0.15) is 18.1 Å². The maximum Gasteiger partial charge on any atom is 0.258 e. The molecule has 0 aromatic heterocycles. The van der Waals surface area contributed by atoms with E-state index >= 15 is 0 Å². The van der Waals surface area contributed by atoms with Gasteiger partial charge in [-0.15, -0.1) is 0 Å². The lowest BCUT2D eigenvalue weighted by molar-refractivity contribution is -0.123. The van der Waals surface area contributed by atoms with Gasteiger partial charge in [-0.3, -0.25) is 4.79 Å². The van der Waals surface area contributed by atoms with Gasteiger partial charge in [0.05, 0.1) is 11.6 Å². The first-order chi connectivity index (χ1) is 11.0. The molecule has 1 atom stereocenters. The minimum absolute atomic E-state index is 0.140. The van der Waals surface area contributed by atoms with Crippen molar-refractivity contribution in [1.29, 1.82) is 5.26 Å². The van der Waals surface area contributed by atoms with Crippen LogP contribution >= 0.6 is 0 Å². The molecule has 2 aromatic carbocycles. The first-order valence-electron chi connectivity index (χ1n) is 6.87. The van der Waals surface area contributed by atoms with Crippen LogP contribution in [-0.2, 0) is 11.4 Å². The fourth-order valence-corrected chi connectivity index (χ4v) is 1.82. The molecule has 0 aliphatic rings. The molecule has 2 N–H and O–H groups in total. The minimum atomic E-state index is -0.723. The molecule has 0 saturated heterocycles. The maximum atomic E-state index is 13.1. The van der Waals surface area contributed by atoms with Gasteiger partial charge in [-0.1, -0.05) is 6.07 Å². The Morgan fingerprint density at radius 3 is 2.52 bits per heavy atom. The fourth-order valence-electron chi connectivity index (χ4n) is 1.82. The Labute approximate surface area is 133 Å². The first-order valence-corrected chi connectivity index (χ1v) is 6.87. The number of hydrogen-bond acceptors (Lipinski definition) is 4. The number of nitriles is 1. The molecular weight excluding hydrogens is 299 g/mol. The van der Waals surface area contributed by atoms with Crippen molar-refractivity contribution in [1.82, 2.24) is 0 Å². The summed E-state index contributed by atoms with van der Waals surface area (Å²) in [4.78, 5) is 10.9. The molecule has 0 saturated carbocycles. The van der Waals surface area contributed by atoms with E-state index in [1.54, 1.807) is 31.2 Å². The van der Waals surface area contributed by atoms with E-state index in [9.17, 15) is 9.18 Å². The summed E-state index contributed by atoms with van der Waals surface area (Å²) in [6.07, 6.45) is -0.723. The van der Waals surface area contributed by atoms with Crippen LogP contribution in [0.3, 0.4) is 0 Å². The number of carbonyl (C=O) groups excluding carboxylic acids is 1. The molecule has 0 spiro atoms.